The van der Waals surface area contributed by atoms with Crippen molar-refractivity contribution in [2.24, 2.45) is 5.92 Å². The van der Waals surface area contributed by atoms with E-state index >= 15 is 0 Å². The van der Waals surface area contributed by atoms with Crippen molar-refractivity contribution < 1.29 is 21.6 Å². The van der Waals surface area contributed by atoms with Crippen molar-refractivity contribution in [3.8, 4) is 0 Å². The molecule has 18 heavy (non-hydrogen) atoms. The predicted molar refractivity (Wildman–Crippen MR) is 64.1 cm³/mol. The standard InChI is InChI=1S/C11H20F3NO2S/c1-18(16,17)7-3-6-15-10-5-2-4-9(8-10)11(12,13)14/h9-10,15H,2-8H2,1H3. The Labute approximate surface area is 106 Å². The molecule has 0 aromatic rings. The Bertz CT molecular complexity index is 354. The van der Waals surface area contributed by atoms with E-state index in [1.165, 1.54) is 0 Å². The predicted octanol–water partition coefficient (Wildman–Crippen LogP) is 2.13. The molecular formula is C11H20F3NO2S. The Morgan fingerprint density at radius 1 is 1.28 bits per heavy atom. The molecular weight excluding hydrogens is 267 g/mol. The van der Waals surface area contributed by atoms with E-state index in [1.54, 1.807) is 0 Å². The van der Waals surface area contributed by atoms with Gasteiger partial charge in [-0.25, -0.2) is 8.42 Å². The van der Waals surface area contributed by atoms with Gasteiger partial charge >= 0.3 is 6.18 Å². The Kier molecular flexibility index (Phi) is 5.46. The fourth-order valence-corrected chi connectivity index (χ4v) is 2.98. The molecule has 1 fully saturated rings. The molecule has 1 rings (SSSR count). The third-order valence-corrected chi connectivity index (χ3v) is 4.29. The van der Waals surface area contributed by atoms with Crippen molar-refractivity contribution >= 4 is 9.84 Å². The number of sulfone groups is 1. The second kappa shape index (κ2) is 6.23. The van der Waals surface area contributed by atoms with Gasteiger partial charge in [0, 0.05) is 12.3 Å². The van der Waals surface area contributed by atoms with E-state index in [4.69, 9.17) is 0 Å². The molecule has 0 aromatic carbocycles. The lowest BCUT2D eigenvalue weighted by Crippen LogP contribution is -2.39. The maximum absolute atomic E-state index is 12.6. The number of halogens is 3. The Hall–Kier alpha value is -0.300. The highest BCUT2D eigenvalue weighted by Gasteiger charge is 2.41. The van der Waals surface area contributed by atoms with Gasteiger partial charge in [0.15, 0.2) is 0 Å². The molecule has 2 atom stereocenters. The third-order valence-electron chi connectivity index (χ3n) is 3.26. The fraction of sp³-hybridized carbons (Fsp3) is 1.00. The zero-order chi connectivity index (χ0) is 13.8. The summed E-state index contributed by atoms with van der Waals surface area (Å²) in [4.78, 5) is 0. The molecule has 0 aliphatic heterocycles. The van der Waals surface area contributed by atoms with Crippen LogP contribution in [0.25, 0.3) is 0 Å². The number of alkyl halides is 3. The molecule has 0 saturated heterocycles. The summed E-state index contributed by atoms with van der Waals surface area (Å²) < 4.78 is 59.4. The maximum Gasteiger partial charge on any atom is 0.391 e. The van der Waals surface area contributed by atoms with Gasteiger partial charge < -0.3 is 5.32 Å². The SMILES string of the molecule is CS(=O)(=O)CCCNC1CCCC(C(F)(F)F)C1. The van der Waals surface area contributed by atoms with Crippen molar-refractivity contribution in [2.75, 3.05) is 18.6 Å². The normalized spacial score (nSPS) is 26.2. The molecule has 2 unspecified atom stereocenters. The molecule has 0 radical (unpaired) electrons. The first-order valence-corrected chi connectivity index (χ1v) is 8.22. The summed E-state index contributed by atoms with van der Waals surface area (Å²) in [5, 5.41) is 3.03. The summed E-state index contributed by atoms with van der Waals surface area (Å²) >= 11 is 0. The van der Waals surface area contributed by atoms with Gasteiger partial charge in [-0.15, -0.1) is 0 Å². The van der Waals surface area contributed by atoms with Gasteiger partial charge in [0.05, 0.1) is 11.7 Å². The molecule has 7 heteroatoms. The summed E-state index contributed by atoms with van der Waals surface area (Å²) in [6.07, 6.45) is -0.848. The monoisotopic (exact) mass is 287 g/mol. The van der Waals surface area contributed by atoms with E-state index in [-0.39, 0.29) is 24.6 Å². The van der Waals surface area contributed by atoms with Crippen molar-refractivity contribution in [2.45, 2.75) is 44.3 Å². The number of rotatable bonds is 5. The highest BCUT2D eigenvalue weighted by Crippen LogP contribution is 2.37. The van der Waals surface area contributed by atoms with Gasteiger partial charge in [-0.2, -0.15) is 13.2 Å². The van der Waals surface area contributed by atoms with Crippen LogP contribution in [0, 0.1) is 5.92 Å². The largest absolute Gasteiger partial charge is 0.391 e. The van der Waals surface area contributed by atoms with E-state index in [1.807, 2.05) is 0 Å². The molecule has 0 amide bonds. The van der Waals surface area contributed by atoms with Crippen LogP contribution in [0.1, 0.15) is 32.1 Å². The van der Waals surface area contributed by atoms with Crippen LogP contribution in [0.5, 0.6) is 0 Å². The van der Waals surface area contributed by atoms with E-state index in [0.29, 0.717) is 19.4 Å². The molecule has 1 aliphatic carbocycles. The quantitative estimate of drug-likeness (QED) is 0.788. The molecule has 108 valence electrons. The summed E-state index contributed by atoms with van der Waals surface area (Å²) in [6, 6.07) is -0.134. The molecule has 3 nitrogen and oxygen atoms in total. The average Bonchev–Trinajstić information content (AvgIpc) is 2.22. The second-order valence-electron chi connectivity index (χ2n) is 5.04. The molecule has 0 aromatic heterocycles. The van der Waals surface area contributed by atoms with Crippen LogP contribution in [0.2, 0.25) is 0 Å². The van der Waals surface area contributed by atoms with Crippen LogP contribution in [-0.4, -0.2) is 39.2 Å². The lowest BCUT2D eigenvalue weighted by atomic mass is 9.85. The Morgan fingerprint density at radius 3 is 2.50 bits per heavy atom. The van der Waals surface area contributed by atoms with Crippen LogP contribution < -0.4 is 5.32 Å². The molecule has 0 heterocycles. The first kappa shape index (κ1) is 15.8. The first-order chi connectivity index (χ1) is 8.18. The number of hydrogen-bond donors (Lipinski definition) is 1. The number of nitrogens with one attached hydrogen (secondary N) is 1. The van der Waals surface area contributed by atoms with Gasteiger partial charge in [-0.1, -0.05) is 6.42 Å². The van der Waals surface area contributed by atoms with Gasteiger partial charge in [-0.05, 0) is 32.2 Å². The van der Waals surface area contributed by atoms with Gasteiger partial charge in [0.25, 0.3) is 0 Å². The summed E-state index contributed by atoms with van der Waals surface area (Å²) in [6.45, 7) is 0.461. The van der Waals surface area contributed by atoms with E-state index in [9.17, 15) is 21.6 Å². The first-order valence-electron chi connectivity index (χ1n) is 6.16. The minimum Gasteiger partial charge on any atom is -0.314 e. The van der Waals surface area contributed by atoms with Crippen LogP contribution in [0.15, 0.2) is 0 Å². The highest BCUT2D eigenvalue weighted by atomic mass is 32.2. The van der Waals surface area contributed by atoms with E-state index in [2.05, 4.69) is 5.32 Å². The third kappa shape index (κ3) is 6.04. The van der Waals surface area contributed by atoms with Crippen molar-refractivity contribution in [1.29, 1.82) is 0 Å². The van der Waals surface area contributed by atoms with Crippen LogP contribution in [-0.2, 0) is 9.84 Å². The maximum atomic E-state index is 12.6. The lowest BCUT2D eigenvalue weighted by molar-refractivity contribution is -0.183. The van der Waals surface area contributed by atoms with E-state index in [0.717, 1.165) is 12.7 Å². The highest BCUT2D eigenvalue weighted by molar-refractivity contribution is 7.90. The molecule has 1 saturated carbocycles. The van der Waals surface area contributed by atoms with Gasteiger partial charge in [-0.3, -0.25) is 0 Å². The average molecular weight is 287 g/mol. The van der Waals surface area contributed by atoms with Gasteiger partial charge in [0.2, 0.25) is 0 Å². The van der Waals surface area contributed by atoms with Crippen molar-refractivity contribution in [1.82, 2.24) is 5.32 Å². The summed E-state index contributed by atoms with van der Waals surface area (Å²) in [5.41, 5.74) is 0. The van der Waals surface area contributed by atoms with Crippen molar-refractivity contribution in [3.63, 3.8) is 0 Å². The zero-order valence-electron chi connectivity index (χ0n) is 10.5. The Morgan fingerprint density at radius 2 is 1.94 bits per heavy atom. The van der Waals surface area contributed by atoms with Gasteiger partial charge in [0.1, 0.15) is 9.84 Å². The summed E-state index contributed by atoms with van der Waals surface area (Å²) in [7, 11) is -2.98. The molecule has 0 bridgehead atoms. The van der Waals surface area contributed by atoms with E-state index < -0.39 is 21.9 Å². The Balaban J connectivity index is 2.27. The smallest absolute Gasteiger partial charge is 0.314 e. The minimum absolute atomic E-state index is 0.0788. The molecule has 1 aliphatic rings. The number of hydrogen-bond acceptors (Lipinski definition) is 3. The molecule has 1 N–H and O–H groups in total. The lowest BCUT2D eigenvalue weighted by Gasteiger charge is -2.31. The van der Waals surface area contributed by atoms with Crippen molar-refractivity contribution in [3.05, 3.63) is 0 Å². The van der Waals surface area contributed by atoms with Crippen LogP contribution >= 0.6 is 0 Å². The topological polar surface area (TPSA) is 46.2 Å². The summed E-state index contributed by atoms with van der Waals surface area (Å²) in [5.74, 6) is -1.13. The molecule has 0 spiro atoms. The second-order valence-corrected chi connectivity index (χ2v) is 7.30. The minimum atomic E-state index is -4.10. The van der Waals surface area contributed by atoms with Crippen LogP contribution in [0.4, 0.5) is 13.2 Å². The van der Waals surface area contributed by atoms with Crippen LogP contribution in [0.3, 0.4) is 0 Å². The fourth-order valence-electron chi connectivity index (χ4n) is 2.31. The zero-order valence-corrected chi connectivity index (χ0v) is 11.3.